The van der Waals surface area contributed by atoms with Gasteiger partial charge in [0.25, 0.3) is 11.5 Å². The lowest BCUT2D eigenvalue weighted by molar-refractivity contribution is -0.125. The molecule has 1 N–H and O–H groups in total. The number of nitrogens with one attached hydrogen (secondary N) is 1. The van der Waals surface area contributed by atoms with Crippen molar-refractivity contribution in [2.45, 2.75) is 58.5 Å². The third-order valence-corrected chi connectivity index (χ3v) is 5.30. The van der Waals surface area contributed by atoms with Crippen LogP contribution in [-0.4, -0.2) is 34.3 Å². The molecule has 1 heterocycles. The summed E-state index contributed by atoms with van der Waals surface area (Å²) in [4.78, 5) is 37.4. The first-order valence-electron chi connectivity index (χ1n) is 9.86. The van der Waals surface area contributed by atoms with Crippen LogP contribution in [0, 0.1) is 5.92 Å². The lowest BCUT2D eigenvalue weighted by Crippen LogP contribution is -2.43. The maximum atomic E-state index is 12.6. The molecule has 1 aliphatic rings. The lowest BCUT2D eigenvalue weighted by Gasteiger charge is -2.29. The van der Waals surface area contributed by atoms with Crippen LogP contribution in [0.25, 0.3) is 10.8 Å². The zero-order valence-electron chi connectivity index (χ0n) is 16.6. The number of ether oxygens (including phenoxy) is 1. The molecule has 1 aromatic heterocycles. The van der Waals surface area contributed by atoms with Crippen LogP contribution >= 0.6 is 0 Å². The van der Waals surface area contributed by atoms with Gasteiger partial charge in [-0.25, -0.2) is 9.48 Å². The summed E-state index contributed by atoms with van der Waals surface area (Å²) in [5, 5.41) is 7.99. The van der Waals surface area contributed by atoms with Crippen molar-refractivity contribution < 1.29 is 14.3 Å². The van der Waals surface area contributed by atoms with Crippen molar-refractivity contribution in [3.63, 3.8) is 0 Å². The Morgan fingerprint density at radius 2 is 1.89 bits per heavy atom. The van der Waals surface area contributed by atoms with Gasteiger partial charge in [0.1, 0.15) is 0 Å². The van der Waals surface area contributed by atoms with Gasteiger partial charge in [0, 0.05) is 11.4 Å². The number of fused-ring (bicyclic) bond motifs is 1. The Kier molecular flexibility index (Phi) is 6.11. The number of carbonyl (C=O) groups is 2. The van der Waals surface area contributed by atoms with Gasteiger partial charge in [-0.2, -0.15) is 5.10 Å². The Balaban J connectivity index is 1.75. The third kappa shape index (κ3) is 4.24. The average Bonchev–Trinajstić information content (AvgIpc) is 2.68. The van der Waals surface area contributed by atoms with E-state index in [-0.39, 0.29) is 35.9 Å². The number of hydrogen-bond acceptors (Lipinski definition) is 5. The first-order chi connectivity index (χ1) is 13.4. The number of benzene rings is 1. The Morgan fingerprint density at radius 3 is 2.57 bits per heavy atom. The van der Waals surface area contributed by atoms with Crippen LogP contribution in [0.5, 0.6) is 0 Å². The number of esters is 1. The lowest BCUT2D eigenvalue weighted by atomic mass is 9.86. The van der Waals surface area contributed by atoms with Crippen molar-refractivity contribution >= 4 is 22.6 Å². The molecule has 0 saturated heterocycles. The second kappa shape index (κ2) is 8.54. The molecule has 0 spiro atoms. The fourth-order valence-corrected chi connectivity index (χ4v) is 3.69. The molecule has 1 amide bonds. The highest BCUT2D eigenvalue weighted by molar-refractivity contribution is 6.02. The van der Waals surface area contributed by atoms with E-state index >= 15 is 0 Å². The van der Waals surface area contributed by atoms with Crippen molar-refractivity contribution in [3.8, 4) is 0 Å². The van der Waals surface area contributed by atoms with Crippen LogP contribution < -0.4 is 10.9 Å². The molecule has 28 heavy (non-hydrogen) atoms. The van der Waals surface area contributed by atoms with E-state index in [2.05, 4.69) is 17.3 Å². The minimum Gasteiger partial charge on any atom is -0.451 e. The molecule has 3 rings (SSSR count). The van der Waals surface area contributed by atoms with Gasteiger partial charge in [-0.05, 0) is 38.7 Å². The minimum absolute atomic E-state index is 0.0442. The van der Waals surface area contributed by atoms with Gasteiger partial charge in [-0.3, -0.25) is 9.59 Å². The number of hydrogen-bond donors (Lipinski definition) is 1. The number of amides is 1. The SMILES string of the molecule is CC1CCCCC1NC(=O)COC(=O)c1nn(C(C)C)c(=O)c2ccccc12. The van der Waals surface area contributed by atoms with E-state index in [4.69, 9.17) is 4.74 Å². The Bertz CT molecular complexity index is 935. The minimum atomic E-state index is -0.711. The molecule has 7 heteroatoms. The maximum Gasteiger partial charge on any atom is 0.359 e. The summed E-state index contributed by atoms with van der Waals surface area (Å²) in [5.41, 5.74) is -0.214. The summed E-state index contributed by atoms with van der Waals surface area (Å²) < 4.78 is 6.49. The van der Waals surface area contributed by atoms with E-state index in [0.717, 1.165) is 19.3 Å². The van der Waals surface area contributed by atoms with E-state index < -0.39 is 5.97 Å². The molecule has 2 atom stereocenters. The van der Waals surface area contributed by atoms with Crippen LogP contribution in [0.15, 0.2) is 29.1 Å². The van der Waals surface area contributed by atoms with Crippen LogP contribution in [0.4, 0.5) is 0 Å². The van der Waals surface area contributed by atoms with Crippen molar-refractivity contribution in [3.05, 3.63) is 40.3 Å². The molecule has 1 aromatic carbocycles. The molecule has 7 nitrogen and oxygen atoms in total. The van der Waals surface area contributed by atoms with Crippen molar-refractivity contribution in [1.29, 1.82) is 0 Å². The molecule has 1 saturated carbocycles. The predicted molar refractivity (Wildman–Crippen MR) is 106 cm³/mol. The summed E-state index contributed by atoms with van der Waals surface area (Å²) in [6.07, 6.45) is 4.33. The zero-order valence-corrected chi connectivity index (χ0v) is 16.6. The van der Waals surface area contributed by atoms with Gasteiger partial charge in [0.2, 0.25) is 0 Å². The molecule has 0 radical (unpaired) electrons. The largest absolute Gasteiger partial charge is 0.451 e. The summed E-state index contributed by atoms with van der Waals surface area (Å²) in [6.45, 7) is 5.40. The van der Waals surface area contributed by atoms with E-state index in [9.17, 15) is 14.4 Å². The van der Waals surface area contributed by atoms with E-state index in [1.807, 2.05) is 13.8 Å². The molecule has 150 valence electrons. The van der Waals surface area contributed by atoms with Crippen molar-refractivity contribution in [2.24, 2.45) is 5.92 Å². The third-order valence-electron chi connectivity index (χ3n) is 5.30. The fraction of sp³-hybridized carbons (Fsp3) is 0.524. The van der Waals surface area contributed by atoms with Gasteiger partial charge in [0.05, 0.1) is 11.4 Å². The van der Waals surface area contributed by atoms with Gasteiger partial charge in [-0.15, -0.1) is 0 Å². The van der Waals surface area contributed by atoms with Crippen LogP contribution in [0.1, 0.15) is 63.0 Å². The van der Waals surface area contributed by atoms with Crippen LogP contribution in [0.2, 0.25) is 0 Å². The molecule has 1 fully saturated rings. The number of carbonyl (C=O) groups excluding carboxylic acids is 2. The zero-order chi connectivity index (χ0) is 20.3. The quantitative estimate of drug-likeness (QED) is 0.800. The van der Waals surface area contributed by atoms with Gasteiger partial charge >= 0.3 is 5.97 Å². The van der Waals surface area contributed by atoms with E-state index in [0.29, 0.717) is 16.7 Å². The number of aromatic nitrogens is 2. The van der Waals surface area contributed by atoms with E-state index in [1.165, 1.54) is 11.1 Å². The van der Waals surface area contributed by atoms with Gasteiger partial charge in [0.15, 0.2) is 12.3 Å². The second-order valence-corrected chi connectivity index (χ2v) is 7.75. The van der Waals surface area contributed by atoms with Gasteiger partial charge in [-0.1, -0.05) is 38.0 Å². The molecule has 2 aromatic rings. The summed E-state index contributed by atoms with van der Waals surface area (Å²) in [7, 11) is 0. The highest BCUT2D eigenvalue weighted by Crippen LogP contribution is 2.23. The number of rotatable bonds is 5. The van der Waals surface area contributed by atoms with Gasteiger partial charge < -0.3 is 10.1 Å². The molecule has 1 aliphatic carbocycles. The smallest absolute Gasteiger partial charge is 0.359 e. The summed E-state index contributed by atoms with van der Waals surface area (Å²) in [6, 6.07) is 6.71. The molecular weight excluding hydrogens is 358 g/mol. The topological polar surface area (TPSA) is 90.3 Å². The Labute approximate surface area is 164 Å². The Morgan fingerprint density at radius 1 is 1.21 bits per heavy atom. The number of nitrogens with zero attached hydrogens (tertiary/aromatic N) is 2. The standard InChI is InChI=1S/C21H27N3O4/c1-13(2)24-20(26)16-10-6-5-9-15(16)19(23-24)21(27)28-12-18(25)22-17-11-7-4-8-14(17)3/h5-6,9-10,13-14,17H,4,7-8,11-12H2,1-3H3,(H,22,25). The van der Waals surface area contributed by atoms with Crippen molar-refractivity contribution in [1.82, 2.24) is 15.1 Å². The molecule has 2 unspecified atom stereocenters. The summed E-state index contributed by atoms with van der Waals surface area (Å²) in [5.74, 6) is -0.598. The molecule has 0 bridgehead atoms. The monoisotopic (exact) mass is 385 g/mol. The highest BCUT2D eigenvalue weighted by atomic mass is 16.5. The first-order valence-corrected chi connectivity index (χ1v) is 9.86. The maximum absolute atomic E-state index is 12.6. The average molecular weight is 385 g/mol. The second-order valence-electron chi connectivity index (χ2n) is 7.75. The first kappa shape index (κ1) is 20.0. The normalized spacial score (nSPS) is 19.6. The van der Waals surface area contributed by atoms with Crippen LogP contribution in [0.3, 0.4) is 0 Å². The predicted octanol–water partition coefficient (Wildman–Crippen LogP) is 2.83. The Hall–Kier alpha value is -2.70. The highest BCUT2D eigenvalue weighted by Gasteiger charge is 2.24. The van der Waals surface area contributed by atoms with E-state index in [1.54, 1.807) is 24.3 Å². The molecular formula is C21H27N3O4. The van der Waals surface area contributed by atoms with Crippen LogP contribution in [-0.2, 0) is 9.53 Å². The molecule has 0 aliphatic heterocycles. The fourth-order valence-electron chi connectivity index (χ4n) is 3.69. The van der Waals surface area contributed by atoms with Crippen molar-refractivity contribution in [2.75, 3.05) is 6.61 Å². The summed E-state index contributed by atoms with van der Waals surface area (Å²) >= 11 is 0.